The Bertz CT molecular complexity index is 1780. The van der Waals surface area contributed by atoms with Crippen LogP contribution in [0.4, 0.5) is 0 Å². The van der Waals surface area contributed by atoms with Crippen LogP contribution >= 0.6 is 0 Å². The number of rotatable bonds is 4. The molecule has 0 saturated carbocycles. The van der Waals surface area contributed by atoms with E-state index in [1.807, 2.05) is 13.8 Å². The summed E-state index contributed by atoms with van der Waals surface area (Å²) in [4.78, 5) is 4.51. The predicted molar refractivity (Wildman–Crippen MR) is 136 cm³/mol. The molecule has 0 spiro atoms. The molecule has 1 aromatic heterocycles. The van der Waals surface area contributed by atoms with E-state index in [4.69, 9.17) is 0 Å². The third-order valence-electron chi connectivity index (χ3n) is 5.82. The predicted octanol–water partition coefficient (Wildman–Crippen LogP) is 2.85. The van der Waals surface area contributed by atoms with Gasteiger partial charge >= 0.3 is 0 Å². The van der Waals surface area contributed by atoms with Crippen molar-refractivity contribution in [1.82, 2.24) is 14.1 Å². The fourth-order valence-corrected chi connectivity index (χ4v) is 6.27. The maximum Gasteiger partial charge on any atom is 0.284 e. The molecular formula is C25H23N5O4S2. The van der Waals surface area contributed by atoms with E-state index in [1.165, 1.54) is 35.1 Å². The molecule has 4 aromatic rings. The number of fused-ring (bicyclic) bond motifs is 1. The van der Waals surface area contributed by atoms with Gasteiger partial charge in [-0.15, -0.1) is 4.40 Å². The molecule has 0 atom stereocenters. The first-order valence-corrected chi connectivity index (χ1v) is 14.0. The smallest absolute Gasteiger partial charge is 0.248 e. The number of hydrogen-bond acceptors (Lipinski definition) is 6. The van der Waals surface area contributed by atoms with Crippen molar-refractivity contribution in [1.29, 1.82) is 0 Å². The van der Waals surface area contributed by atoms with E-state index in [1.54, 1.807) is 48.5 Å². The van der Waals surface area contributed by atoms with Crippen LogP contribution in [-0.4, -0.2) is 50.0 Å². The van der Waals surface area contributed by atoms with Crippen molar-refractivity contribution >= 4 is 36.8 Å². The molecule has 0 bridgehead atoms. The Morgan fingerprint density at radius 3 is 2.08 bits per heavy atom. The lowest BCUT2D eigenvalue weighted by Crippen LogP contribution is -2.43. The molecule has 1 aliphatic rings. The quantitative estimate of drug-likeness (QED) is 0.410. The number of aryl methyl sites for hydroxylation is 2. The van der Waals surface area contributed by atoms with Gasteiger partial charge in [0.05, 0.1) is 29.1 Å². The largest absolute Gasteiger partial charge is 0.284 e. The third kappa shape index (κ3) is 4.31. The lowest BCUT2D eigenvalue weighted by Gasteiger charge is -2.21. The van der Waals surface area contributed by atoms with Crippen molar-refractivity contribution in [3.8, 4) is 0 Å². The van der Waals surface area contributed by atoms with E-state index in [9.17, 15) is 16.8 Å². The van der Waals surface area contributed by atoms with Crippen LogP contribution < -0.4 is 5.49 Å². The topological polar surface area (TPSA) is 114 Å². The van der Waals surface area contributed by atoms with Crippen LogP contribution in [0.1, 0.15) is 11.1 Å². The van der Waals surface area contributed by atoms with E-state index in [0.29, 0.717) is 10.8 Å². The highest BCUT2D eigenvalue weighted by Gasteiger charge is 2.33. The second-order valence-corrected chi connectivity index (χ2v) is 11.9. The van der Waals surface area contributed by atoms with Crippen LogP contribution in [-0.2, 0) is 20.0 Å². The molecule has 0 aliphatic carbocycles. The van der Waals surface area contributed by atoms with Crippen LogP contribution in [0.2, 0.25) is 0 Å². The monoisotopic (exact) mass is 521 g/mol. The molecule has 2 heterocycles. The van der Waals surface area contributed by atoms with Gasteiger partial charge in [-0.2, -0.15) is 18.2 Å². The number of aliphatic imine (C=N–C) groups is 1. The first-order valence-electron chi connectivity index (χ1n) is 11.2. The Kier molecular flexibility index (Phi) is 5.97. The van der Waals surface area contributed by atoms with Crippen molar-refractivity contribution in [2.45, 2.75) is 23.6 Å². The van der Waals surface area contributed by atoms with Gasteiger partial charge in [-0.25, -0.2) is 17.7 Å². The minimum Gasteiger partial charge on any atom is -0.248 e. The number of aromatic nitrogens is 2. The third-order valence-corrected chi connectivity index (χ3v) is 8.89. The average molecular weight is 522 g/mol. The Hall–Kier alpha value is -3.83. The minimum absolute atomic E-state index is 0.0146. The van der Waals surface area contributed by atoms with Crippen LogP contribution in [0.25, 0.3) is 10.8 Å². The zero-order valence-electron chi connectivity index (χ0n) is 19.6. The van der Waals surface area contributed by atoms with Crippen LogP contribution in [0.3, 0.4) is 0 Å². The number of sulfonamides is 2. The second kappa shape index (κ2) is 8.99. The summed E-state index contributed by atoms with van der Waals surface area (Å²) in [5, 5.41) is 5.52. The van der Waals surface area contributed by atoms with E-state index in [-0.39, 0.29) is 34.3 Å². The Morgan fingerprint density at radius 2 is 1.42 bits per heavy atom. The normalized spacial score (nSPS) is 14.9. The van der Waals surface area contributed by atoms with Gasteiger partial charge in [0.2, 0.25) is 5.96 Å². The lowest BCUT2D eigenvalue weighted by atomic mass is 10.2. The Labute approximate surface area is 209 Å². The maximum absolute atomic E-state index is 13.5. The second-order valence-electron chi connectivity index (χ2n) is 8.42. The SMILES string of the molecule is Cc1ccc(S(=O)(=O)/N=c2\c3ccccc3cnn2C2=NCCN2S(=O)(=O)c2ccc(C)cc2)cc1. The molecule has 1 aliphatic heterocycles. The molecule has 0 N–H and O–H groups in total. The molecule has 0 radical (unpaired) electrons. The van der Waals surface area contributed by atoms with Gasteiger partial charge < -0.3 is 0 Å². The molecule has 11 heteroatoms. The van der Waals surface area contributed by atoms with Gasteiger partial charge in [0.1, 0.15) is 0 Å². The zero-order chi connectivity index (χ0) is 25.5. The highest BCUT2D eigenvalue weighted by molar-refractivity contribution is 7.90. The summed E-state index contributed by atoms with van der Waals surface area (Å²) >= 11 is 0. The number of hydrogen-bond donors (Lipinski definition) is 0. The molecular weight excluding hydrogens is 498 g/mol. The van der Waals surface area contributed by atoms with Crippen molar-refractivity contribution in [2.24, 2.45) is 9.39 Å². The first-order chi connectivity index (χ1) is 17.2. The number of nitrogens with zero attached hydrogens (tertiary/aromatic N) is 5. The summed E-state index contributed by atoms with van der Waals surface area (Å²) in [6, 6.07) is 19.9. The standard InChI is InChI=1S/C25H23N5O4S2/c1-18-7-11-21(12-8-18)35(31,32)28-24-23-6-4-3-5-20(23)17-27-30(24)25-26-15-16-29(25)36(33,34)22-13-9-19(2)10-14-22/h3-14,17H,15-16H2,1-2H3/b28-24+. The number of benzene rings is 3. The van der Waals surface area contributed by atoms with Gasteiger partial charge in [0.25, 0.3) is 20.0 Å². The van der Waals surface area contributed by atoms with E-state index < -0.39 is 20.0 Å². The summed E-state index contributed by atoms with van der Waals surface area (Å²) in [6.45, 7) is 4.02. The van der Waals surface area contributed by atoms with E-state index in [2.05, 4.69) is 14.5 Å². The van der Waals surface area contributed by atoms with Crippen LogP contribution in [0, 0.1) is 13.8 Å². The highest BCUT2D eigenvalue weighted by atomic mass is 32.2. The van der Waals surface area contributed by atoms with Gasteiger partial charge in [-0.1, -0.05) is 59.7 Å². The molecule has 0 fully saturated rings. The molecule has 5 rings (SSSR count). The Balaban J connectivity index is 1.72. The molecule has 0 amide bonds. The fraction of sp³-hybridized carbons (Fsp3) is 0.160. The lowest BCUT2D eigenvalue weighted by molar-refractivity contribution is 0.529. The van der Waals surface area contributed by atoms with Gasteiger partial charge in [0, 0.05) is 10.8 Å². The molecule has 9 nitrogen and oxygen atoms in total. The summed E-state index contributed by atoms with van der Waals surface area (Å²) < 4.78 is 60.0. The van der Waals surface area contributed by atoms with Gasteiger partial charge in [-0.05, 0) is 38.1 Å². The van der Waals surface area contributed by atoms with Crippen molar-refractivity contribution in [3.63, 3.8) is 0 Å². The van der Waals surface area contributed by atoms with Crippen molar-refractivity contribution in [3.05, 3.63) is 95.6 Å². The fourth-order valence-electron chi connectivity index (χ4n) is 3.87. The van der Waals surface area contributed by atoms with E-state index >= 15 is 0 Å². The van der Waals surface area contributed by atoms with Gasteiger partial charge in [0.15, 0.2) is 5.49 Å². The van der Waals surface area contributed by atoms with Crippen LogP contribution in [0.15, 0.2) is 98.2 Å². The zero-order valence-corrected chi connectivity index (χ0v) is 21.2. The highest BCUT2D eigenvalue weighted by Crippen LogP contribution is 2.20. The first kappa shape index (κ1) is 23.9. The van der Waals surface area contributed by atoms with E-state index in [0.717, 1.165) is 15.4 Å². The summed E-state index contributed by atoms with van der Waals surface area (Å²) in [5.41, 5.74) is 1.81. The van der Waals surface area contributed by atoms with Crippen molar-refractivity contribution < 1.29 is 16.8 Å². The average Bonchev–Trinajstić information content (AvgIpc) is 3.35. The molecule has 36 heavy (non-hydrogen) atoms. The molecule has 3 aromatic carbocycles. The van der Waals surface area contributed by atoms with Crippen LogP contribution in [0.5, 0.6) is 0 Å². The Morgan fingerprint density at radius 1 is 0.806 bits per heavy atom. The summed E-state index contributed by atoms with van der Waals surface area (Å²) in [6.07, 6.45) is 1.53. The maximum atomic E-state index is 13.5. The minimum atomic E-state index is -4.14. The summed E-state index contributed by atoms with van der Waals surface area (Å²) in [7, 11) is -8.12. The van der Waals surface area contributed by atoms with Crippen molar-refractivity contribution in [2.75, 3.05) is 13.1 Å². The molecule has 184 valence electrons. The molecule has 0 saturated heterocycles. The summed E-state index contributed by atoms with van der Waals surface area (Å²) in [5.74, 6) is -0.0146. The molecule has 0 unspecified atom stereocenters. The van der Waals surface area contributed by atoms with Gasteiger partial charge in [-0.3, -0.25) is 0 Å².